The number of methoxy groups -OCH3 is 1. The van der Waals surface area contributed by atoms with E-state index < -0.39 is 17.9 Å². The summed E-state index contributed by atoms with van der Waals surface area (Å²) < 4.78 is 5.06. The Bertz CT molecular complexity index is 718. The Hall–Kier alpha value is -2.51. The predicted octanol–water partition coefficient (Wildman–Crippen LogP) is 0.831. The van der Waals surface area contributed by atoms with Crippen LogP contribution in [-0.4, -0.2) is 47.7 Å². The van der Waals surface area contributed by atoms with Crippen LogP contribution in [0.15, 0.2) is 12.1 Å². The zero-order chi connectivity index (χ0) is 19.0. The lowest BCUT2D eigenvalue weighted by atomic mass is 9.93. The molecular formula is C15H18N4O4S2. The lowest BCUT2D eigenvalue weighted by Crippen LogP contribution is -2.36. The van der Waals surface area contributed by atoms with Crippen molar-refractivity contribution in [2.45, 2.75) is 5.92 Å². The van der Waals surface area contributed by atoms with Crippen molar-refractivity contribution in [1.82, 2.24) is 10.6 Å². The smallest absolute Gasteiger partial charge is 0.317 e. The van der Waals surface area contributed by atoms with Crippen LogP contribution in [0.3, 0.4) is 0 Å². The van der Waals surface area contributed by atoms with Crippen molar-refractivity contribution in [1.29, 1.82) is 5.26 Å². The van der Waals surface area contributed by atoms with Crippen molar-refractivity contribution in [3.63, 3.8) is 0 Å². The van der Waals surface area contributed by atoms with Crippen LogP contribution in [0.1, 0.15) is 17.0 Å². The summed E-state index contributed by atoms with van der Waals surface area (Å²) in [5.74, 6) is -0.910. The third-order valence-electron chi connectivity index (χ3n) is 3.22. The maximum Gasteiger partial charge on any atom is 0.317 e. The average Bonchev–Trinajstić information content (AvgIpc) is 2.56. The average molecular weight is 382 g/mol. The normalized spacial score (nSPS) is 11.1. The quantitative estimate of drug-likeness (QED) is 0.405. The first-order valence-electron chi connectivity index (χ1n) is 7.01. The standard InChI is InChI=1S/C15H18N4O4S2/c1-23-10-4-3-8(9(7-25-2)13(21)18-6-5-16)11(12(10)20)14(24)19-15(17)22/h3-4,9,20H,6-7H2,1-2H3,(H,18,21)(H3,17,19,22,24). The molecule has 0 aliphatic rings. The van der Waals surface area contributed by atoms with Crippen molar-refractivity contribution in [2.24, 2.45) is 5.73 Å². The molecule has 1 atom stereocenters. The van der Waals surface area contributed by atoms with Gasteiger partial charge in [0, 0.05) is 5.75 Å². The minimum atomic E-state index is -0.895. The summed E-state index contributed by atoms with van der Waals surface area (Å²) in [6.07, 6.45) is 1.81. The van der Waals surface area contributed by atoms with Crippen molar-refractivity contribution in [3.05, 3.63) is 23.3 Å². The molecule has 0 saturated carbocycles. The van der Waals surface area contributed by atoms with Gasteiger partial charge in [-0.1, -0.05) is 18.3 Å². The number of thiocarbonyl (C=S) groups is 1. The van der Waals surface area contributed by atoms with Gasteiger partial charge < -0.3 is 20.9 Å². The van der Waals surface area contributed by atoms with E-state index in [9.17, 15) is 14.7 Å². The van der Waals surface area contributed by atoms with Gasteiger partial charge in [0.1, 0.15) is 11.5 Å². The monoisotopic (exact) mass is 382 g/mol. The second-order valence-electron chi connectivity index (χ2n) is 4.78. The number of urea groups is 1. The number of nitrogens with two attached hydrogens (primary N) is 1. The van der Waals surface area contributed by atoms with E-state index >= 15 is 0 Å². The summed E-state index contributed by atoms with van der Waals surface area (Å²) in [6, 6.07) is 4.01. The Morgan fingerprint density at radius 3 is 2.72 bits per heavy atom. The number of benzene rings is 1. The Morgan fingerprint density at radius 2 is 2.20 bits per heavy atom. The molecule has 5 N–H and O–H groups in total. The van der Waals surface area contributed by atoms with Gasteiger partial charge in [-0.25, -0.2) is 4.79 Å². The molecule has 134 valence electrons. The molecule has 10 heteroatoms. The van der Waals surface area contributed by atoms with Gasteiger partial charge in [0.15, 0.2) is 11.5 Å². The SMILES string of the molecule is COc1ccc(C(CSC)C(=O)NCC#N)c(C(=S)NC(N)=O)c1O. The van der Waals surface area contributed by atoms with Gasteiger partial charge in [0.2, 0.25) is 5.91 Å². The predicted molar refractivity (Wildman–Crippen MR) is 98.8 cm³/mol. The molecule has 0 aliphatic carbocycles. The molecule has 0 fully saturated rings. The summed E-state index contributed by atoms with van der Waals surface area (Å²) in [6.45, 7) is -0.148. The molecule has 0 aliphatic heterocycles. The zero-order valence-electron chi connectivity index (χ0n) is 13.7. The molecule has 25 heavy (non-hydrogen) atoms. The van der Waals surface area contributed by atoms with E-state index in [2.05, 4.69) is 10.6 Å². The summed E-state index contributed by atoms with van der Waals surface area (Å²) in [5, 5.41) is 23.8. The molecule has 0 spiro atoms. The number of aromatic hydroxyl groups is 1. The van der Waals surface area contributed by atoms with Crippen LogP contribution < -0.4 is 21.1 Å². The van der Waals surface area contributed by atoms with E-state index in [0.29, 0.717) is 11.3 Å². The number of ether oxygens (including phenoxy) is 1. The number of nitriles is 1. The lowest BCUT2D eigenvalue weighted by Gasteiger charge is -2.21. The number of nitrogens with zero attached hydrogens (tertiary/aromatic N) is 1. The van der Waals surface area contributed by atoms with E-state index in [1.165, 1.54) is 24.9 Å². The van der Waals surface area contributed by atoms with Gasteiger partial charge in [0.25, 0.3) is 0 Å². The number of carbonyl (C=O) groups is 2. The molecule has 0 bridgehead atoms. The van der Waals surface area contributed by atoms with Crippen LogP contribution in [0.25, 0.3) is 0 Å². The molecular weight excluding hydrogens is 364 g/mol. The second-order valence-corrected chi connectivity index (χ2v) is 6.10. The van der Waals surface area contributed by atoms with Gasteiger partial charge in [-0.3, -0.25) is 10.1 Å². The fraction of sp³-hybridized carbons (Fsp3) is 0.333. The number of nitrogens with one attached hydrogen (secondary N) is 2. The Balaban J connectivity index is 3.46. The van der Waals surface area contributed by atoms with Gasteiger partial charge >= 0.3 is 6.03 Å². The van der Waals surface area contributed by atoms with Crippen molar-refractivity contribution in [2.75, 3.05) is 25.7 Å². The molecule has 1 rings (SSSR count). The largest absolute Gasteiger partial charge is 0.504 e. The Morgan fingerprint density at radius 1 is 1.52 bits per heavy atom. The van der Waals surface area contributed by atoms with Crippen LogP contribution >= 0.6 is 24.0 Å². The number of amides is 3. The number of rotatable bonds is 7. The van der Waals surface area contributed by atoms with Crippen molar-refractivity contribution >= 4 is 40.9 Å². The van der Waals surface area contributed by atoms with Crippen LogP contribution in [0, 0.1) is 11.3 Å². The fourth-order valence-electron chi connectivity index (χ4n) is 2.18. The fourth-order valence-corrected chi connectivity index (χ4v) is 3.16. The Kier molecular flexibility index (Phi) is 7.97. The molecule has 1 aromatic rings. The maximum atomic E-state index is 12.4. The highest BCUT2D eigenvalue weighted by atomic mass is 32.2. The zero-order valence-corrected chi connectivity index (χ0v) is 15.3. The summed E-state index contributed by atoms with van der Waals surface area (Å²) in [7, 11) is 1.36. The minimum absolute atomic E-state index is 0.0827. The highest BCUT2D eigenvalue weighted by Crippen LogP contribution is 2.36. The van der Waals surface area contributed by atoms with E-state index in [-0.39, 0.29) is 28.6 Å². The van der Waals surface area contributed by atoms with Crippen LogP contribution in [0.4, 0.5) is 4.79 Å². The molecule has 1 unspecified atom stereocenters. The topological polar surface area (TPSA) is 137 Å². The van der Waals surface area contributed by atoms with Gasteiger partial charge in [-0.05, 0) is 17.9 Å². The van der Waals surface area contributed by atoms with Gasteiger partial charge in [-0.2, -0.15) is 17.0 Å². The van der Waals surface area contributed by atoms with Crippen molar-refractivity contribution in [3.8, 4) is 17.6 Å². The molecule has 0 heterocycles. The lowest BCUT2D eigenvalue weighted by molar-refractivity contribution is -0.121. The highest BCUT2D eigenvalue weighted by molar-refractivity contribution is 7.98. The molecule has 0 aromatic heterocycles. The first-order valence-corrected chi connectivity index (χ1v) is 8.81. The van der Waals surface area contributed by atoms with E-state index in [1.54, 1.807) is 6.07 Å². The summed E-state index contributed by atoms with van der Waals surface area (Å²) in [4.78, 5) is 23.4. The first kappa shape index (κ1) is 20.5. The minimum Gasteiger partial charge on any atom is -0.504 e. The van der Waals surface area contributed by atoms with E-state index in [0.717, 1.165) is 0 Å². The highest BCUT2D eigenvalue weighted by Gasteiger charge is 2.28. The summed E-state index contributed by atoms with van der Waals surface area (Å²) >= 11 is 6.54. The van der Waals surface area contributed by atoms with Crippen LogP contribution in [-0.2, 0) is 4.79 Å². The molecule has 1 aromatic carbocycles. The number of phenols is 1. The number of thioether (sulfide) groups is 1. The van der Waals surface area contributed by atoms with Crippen LogP contribution in [0.2, 0.25) is 0 Å². The first-order chi connectivity index (χ1) is 11.9. The summed E-state index contributed by atoms with van der Waals surface area (Å²) in [5.41, 5.74) is 5.57. The number of phenolic OH excluding ortho intramolecular Hbond substituents is 1. The van der Waals surface area contributed by atoms with Gasteiger partial charge in [-0.15, -0.1) is 0 Å². The molecule has 0 saturated heterocycles. The molecule has 8 nitrogen and oxygen atoms in total. The Labute approximate surface area is 154 Å². The number of primary amides is 1. The maximum absolute atomic E-state index is 12.4. The van der Waals surface area contributed by atoms with E-state index in [4.69, 9.17) is 28.0 Å². The van der Waals surface area contributed by atoms with Crippen molar-refractivity contribution < 1.29 is 19.4 Å². The number of hydrogen-bond donors (Lipinski definition) is 4. The van der Waals surface area contributed by atoms with Gasteiger partial charge in [0.05, 0.1) is 24.7 Å². The number of hydrogen-bond acceptors (Lipinski definition) is 7. The molecule has 3 amide bonds. The number of carbonyl (C=O) groups excluding carboxylic acids is 2. The second kappa shape index (κ2) is 9.71. The van der Waals surface area contributed by atoms with E-state index in [1.807, 2.05) is 12.3 Å². The third-order valence-corrected chi connectivity index (χ3v) is 4.20. The third kappa shape index (κ3) is 5.23. The molecule has 0 radical (unpaired) electrons. The van der Waals surface area contributed by atoms with Crippen LogP contribution in [0.5, 0.6) is 11.5 Å².